The first-order valence-corrected chi connectivity index (χ1v) is 16.9. The molecule has 0 saturated heterocycles. The van der Waals surface area contributed by atoms with Crippen LogP contribution in [0.2, 0.25) is 0 Å². The zero-order valence-electron chi connectivity index (χ0n) is 27.1. The summed E-state index contributed by atoms with van der Waals surface area (Å²) < 4.78 is 15.4. The lowest BCUT2D eigenvalue weighted by Gasteiger charge is -2.08. The highest BCUT2D eigenvalue weighted by Crippen LogP contribution is 2.41. The maximum atomic E-state index is 6.65. The number of furan rings is 2. The van der Waals surface area contributed by atoms with E-state index in [9.17, 15) is 0 Å². The molecule has 0 spiro atoms. The van der Waals surface area contributed by atoms with E-state index in [0.717, 1.165) is 66.3 Å². The van der Waals surface area contributed by atoms with E-state index in [1.807, 2.05) is 78.9 Å². The molecular formula is C45H26N4O2. The summed E-state index contributed by atoms with van der Waals surface area (Å²) >= 11 is 0. The third kappa shape index (κ3) is 4.26. The van der Waals surface area contributed by atoms with Crippen molar-refractivity contribution >= 4 is 65.7 Å². The van der Waals surface area contributed by atoms with E-state index in [1.165, 1.54) is 21.8 Å². The molecule has 4 heterocycles. The smallest absolute Gasteiger partial charge is 0.167 e. The summed E-state index contributed by atoms with van der Waals surface area (Å²) in [7, 11) is 0. The second-order valence-corrected chi connectivity index (χ2v) is 12.8. The summed E-state index contributed by atoms with van der Waals surface area (Å²) in [5, 5.41) is 6.54. The van der Waals surface area contributed by atoms with E-state index < -0.39 is 0 Å². The molecule has 0 N–H and O–H groups in total. The van der Waals surface area contributed by atoms with Crippen LogP contribution >= 0.6 is 0 Å². The molecule has 0 fully saturated rings. The van der Waals surface area contributed by atoms with Crippen LogP contribution in [0.5, 0.6) is 0 Å². The summed E-state index contributed by atoms with van der Waals surface area (Å²) in [5.41, 5.74) is 9.14. The number of rotatable bonds is 4. The van der Waals surface area contributed by atoms with Crippen molar-refractivity contribution in [2.75, 3.05) is 0 Å². The molecule has 0 saturated carbocycles. The van der Waals surface area contributed by atoms with E-state index in [1.54, 1.807) is 0 Å². The van der Waals surface area contributed by atoms with E-state index in [0.29, 0.717) is 17.5 Å². The minimum absolute atomic E-state index is 0.553. The Morgan fingerprint density at radius 3 is 1.61 bits per heavy atom. The van der Waals surface area contributed by atoms with Gasteiger partial charge in [0.15, 0.2) is 17.5 Å². The van der Waals surface area contributed by atoms with Crippen LogP contribution in [-0.4, -0.2) is 19.5 Å². The number of hydrogen-bond acceptors (Lipinski definition) is 5. The lowest BCUT2D eigenvalue weighted by molar-refractivity contribution is 0.656. The number of para-hydroxylation sites is 3. The maximum absolute atomic E-state index is 6.65. The van der Waals surface area contributed by atoms with E-state index in [4.69, 9.17) is 23.8 Å². The van der Waals surface area contributed by atoms with Crippen molar-refractivity contribution in [3.05, 3.63) is 158 Å². The SMILES string of the molecule is c1ccc(-c2nc(-c3ccccc3)nc(-c3cccc4c3oc3cc5oc6ccc(-n7c8ccccc8c8ccccc87)cc6c5cc34)n2)cc1. The minimum Gasteiger partial charge on any atom is -0.456 e. The van der Waals surface area contributed by atoms with Crippen molar-refractivity contribution in [3.8, 4) is 39.9 Å². The molecule has 6 nitrogen and oxygen atoms in total. The molecular weight excluding hydrogens is 629 g/mol. The maximum Gasteiger partial charge on any atom is 0.167 e. The Morgan fingerprint density at radius 2 is 0.922 bits per heavy atom. The number of fused-ring (bicyclic) bond motifs is 9. The van der Waals surface area contributed by atoms with Gasteiger partial charge in [0.1, 0.15) is 22.3 Å². The van der Waals surface area contributed by atoms with Crippen LogP contribution in [0.25, 0.3) is 106 Å². The third-order valence-corrected chi connectivity index (χ3v) is 9.85. The fraction of sp³-hybridized carbons (Fsp3) is 0. The lowest BCUT2D eigenvalue weighted by Crippen LogP contribution is -2.00. The van der Waals surface area contributed by atoms with Gasteiger partial charge in [0.05, 0.1) is 16.6 Å². The molecule has 11 rings (SSSR count). The van der Waals surface area contributed by atoms with Gasteiger partial charge in [0.2, 0.25) is 0 Å². The summed E-state index contributed by atoms with van der Waals surface area (Å²) in [5.74, 6) is 1.77. The summed E-state index contributed by atoms with van der Waals surface area (Å²) in [4.78, 5) is 14.8. The first kappa shape index (κ1) is 27.9. The Balaban J connectivity index is 1.11. The van der Waals surface area contributed by atoms with Gasteiger partial charge in [-0.25, -0.2) is 15.0 Å². The average Bonchev–Trinajstić information content (AvgIpc) is 3.86. The fourth-order valence-corrected chi connectivity index (χ4v) is 7.50. The molecule has 0 aliphatic heterocycles. The van der Waals surface area contributed by atoms with Gasteiger partial charge in [-0.05, 0) is 42.5 Å². The minimum atomic E-state index is 0.553. The zero-order chi connectivity index (χ0) is 33.5. The van der Waals surface area contributed by atoms with Gasteiger partial charge in [-0.2, -0.15) is 0 Å². The monoisotopic (exact) mass is 654 g/mol. The summed E-state index contributed by atoms with van der Waals surface area (Å²) in [6, 6.07) is 54.0. The first-order valence-electron chi connectivity index (χ1n) is 16.9. The number of hydrogen-bond donors (Lipinski definition) is 0. The van der Waals surface area contributed by atoms with Gasteiger partial charge in [0, 0.05) is 55.2 Å². The summed E-state index contributed by atoms with van der Waals surface area (Å²) in [6.45, 7) is 0. The van der Waals surface area contributed by atoms with Crippen LogP contribution in [-0.2, 0) is 0 Å². The van der Waals surface area contributed by atoms with E-state index in [2.05, 4.69) is 83.4 Å². The van der Waals surface area contributed by atoms with Crippen LogP contribution in [0, 0.1) is 0 Å². The molecule has 0 radical (unpaired) electrons. The molecule has 11 aromatic rings. The molecule has 4 aromatic heterocycles. The molecule has 0 atom stereocenters. The quantitative estimate of drug-likeness (QED) is 0.189. The lowest BCUT2D eigenvalue weighted by atomic mass is 10.1. The first-order chi connectivity index (χ1) is 25.3. The normalized spacial score (nSPS) is 11.9. The molecule has 0 amide bonds. The Morgan fingerprint density at radius 1 is 0.373 bits per heavy atom. The van der Waals surface area contributed by atoms with Gasteiger partial charge in [-0.3, -0.25) is 0 Å². The van der Waals surface area contributed by atoms with Gasteiger partial charge >= 0.3 is 0 Å². The molecule has 238 valence electrons. The Bertz CT molecular complexity index is 3030. The topological polar surface area (TPSA) is 69.9 Å². The van der Waals surface area contributed by atoms with Crippen molar-refractivity contribution in [1.82, 2.24) is 19.5 Å². The molecule has 51 heavy (non-hydrogen) atoms. The molecule has 6 heteroatoms. The molecule has 7 aromatic carbocycles. The standard InChI is InChI=1S/C45H26N4O2/c1-3-12-27(13-4-1)43-46-44(28-14-5-2-6-15-28)48-45(47-43)33-19-11-18-32-35-25-36-34-24-29(22-23-39(34)50-40(36)26-41(35)51-42(32)33)49-37-20-9-7-16-30(37)31-17-8-10-21-38(31)49/h1-26H. The van der Waals surface area contributed by atoms with E-state index >= 15 is 0 Å². The zero-order valence-corrected chi connectivity index (χ0v) is 27.1. The number of aromatic nitrogens is 4. The van der Waals surface area contributed by atoms with Crippen molar-refractivity contribution in [3.63, 3.8) is 0 Å². The highest BCUT2D eigenvalue weighted by atomic mass is 16.3. The third-order valence-electron chi connectivity index (χ3n) is 9.85. The second-order valence-electron chi connectivity index (χ2n) is 12.8. The van der Waals surface area contributed by atoms with Crippen molar-refractivity contribution in [2.45, 2.75) is 0 Å². The van der Waals surface area contributed by atoms with Gasteiger partial charge in [-0.1, -0.05) is 109 Å². The van der Waals surface area contributed by atoms with Crippen molar-refractivity contribution in [1.29, 1.82) is 0 Å². The van der Waals surface area contributed by atoms with Crippen LogP contribution < -0.4 is 0 Å². The molecule has 0 aliphatic carbocycles. The highest BCUT2D eigenvalue weighted by Gasteiger charge is 2.20. The summed E-state index contributed by atoms with van der Waals surface area (Å²) in [6.07, 6.45) is 0. The fourth-order valence-electron chi connectivity index (χ4n) is 7.50. The predicted molar refractivity (Wildman–Crippen MR) is 205 cm³/mol. The second kappa shape index (κ2) is 10.7. The van der Waals surface area contributed by atoms with Crippen LogP contribution in [0.15, 0.2) is 167 Å². The Kier molecular flexibility index (Phi) is 5.86. The van der Waals surface area contributed by atoms with Gasteiger partial charge < -0.3 is 13.4 Å². The Labute approximate surface area is 290 Å². The van der Waals surface area contributed by atoms with Gasteiger partial charge in [-0.15, -0.1) is 0 Å². The average molecular weight is 655 g/mol. The predicted octanol–water partition coefficient (Wildman–Crippen LogP) is 11.8. The van der Waals surface area contributed by atoms with Crippen LogP contribution in [0.3, 0.4) is 0 Å². The van der Waals surface area contributed by atoms with E-state index in [-0.39, 0.29) is 0 Å². The molecule has 0 bridgehead atoms. The molecule has 0 unspecified atom stereocenters. The number of nitrogens with zero attached hydrogens (tertiary/aromatic N) is 4. The van der Waals surface area contributed by atoms with Gasteiger partial charge in [0.25, 0.3) is 0 Å². The number of benzene rings is 7. The molecule has 0 aliphatic rings. The van der Waals surface area contributed by atoms with Crippen LogP contribution in [0.4, 0.5) is 0 Å². The largest absolute Gasteiger partial charge is 0.456 e. The van der Waals surface area contributed by atoms with Crippen molar-refractivity contribution in [2.24, 2.45) is 0 Å². The highest BCUT2D eigenvalue weighted by molar-refractivity contribution is 6.17. The Hall–Kier alpha value is -7.05. The van der Waals surface area contributed by atoms with Crippen molar-refractivity contribution < 1.29 is 8.83 Å². The van der Waals surface area contributed by atoms with Crippen LogP contribution in [0.1, 0.15) is 0 Å².